The number of carboxylic acid groups (broad SMARTS) is 1. The SMILES string of the molecule is CC(C)(C)c1ccc(COc2cc([Se]C#Cc3ccc(C(=O)O)cc3)cc3c2C(C)(C)CCC3(C)C)cc1. The normalized spacial score (nSPS) is 15.7. The van der Waals surface area contributed by atoms with E-state index in [-0.39, 0.29) is 36.8 Å². The first kappa shape index (κ1) is 28.0. The summed E-state index contributed by atoms with van der Waals surface area (Å²) >= 11 is -0.0648. The number of carboxylic acids is 1. The topological polar surface area (TPSA) is 46.5 Å². The molecule has 0 aliphatic heterocycles. The minimum absolute atomic E-state index is 0.0410. The van der Waals surface area contributed by atoms with Crippen LogP contribution in [0.3, 0.4) is 0 Å². The van der Waals surface area contributed by atoms with Gasteiger partial charge in [0, 0.05) is 0 Å². The van der Waals surface area contributed by atoms with Crippen LogP contribution in [0, 0.1) is 10.7 Å². The summed E-state index contributed by atoms with van der Waals surface area (Å²) in [6, 6.07) is 20.1. The van der Waals surface area contributed by atoms with Crippen molar-refractivity contribution in [1.82, 2.24) is 0 Å². The van der Waals surface area contributed by atoms with Crippen LogP contribution in [0.15, 0.2) is 60.7 Å². The van der Waals surface area contributed by atoms with E-state index in [0.29, 0.717) is 6.61 Å². The quantitative estimate of drug-likeness (QED) is 0.266. The number of carbonyl (C=O) groups is 1. The molecule has 1 aliphatic rings. The average Bonchev–Trinajstić information content (AvgIpc) is 2.85. The van der Waals surface area contributed by atoms with E-state index in [1.807, 2.05) is 0 Å². The minimum atomic E-state index is -0.925. The van der Waals surface area contributed by atoms with Gasteiger partial charge in [-0.2, -0.15) is 0 Å². The summed E-state index contributed by atoms with van der Waals surface area (Å²) in [6.07, 6.45) is 2.26. The first-order valence-corrected chi connectivity index (χ1v) is 14.9. The Balaban J connectivity index is 1.64. The van der Waals surface area contributed by atoms with Gasteiger partial charge in [0.15, 0.2) is 0 Å². The molecule has 0 aromatic heterocycles. The van der Waals surface area contributed by atoms with Gasteiger partial charge in [0.2, 0.25) is 0 Å². The standard InChI is InChI=1S/C34H38O3Se/c1-32(2,3)26-14-10-24(11-15-26)22-37-29-21-27(20-28-30(29)34(6,7)18-17-33(28,4)5)38-19-16-23-8-12-25(13-9-23)31(35)36/h8-15,20-21H,17-18,22H2,1-7H3,(H,35,36). The zero-order chi connectivity index (χ0) is 27.7. The molecule has 0 unspecified atom stereocenters. The van der Waals surface area contributed by atoms with Gasteiger partial charge in [-0.05, 0) is 0 Å². The summed E-state index contributed by atoms with van der Waals surface area (Å²) in [5.41, 5.74) is 6.53. The number of benzene rings is 3. The van der Waals surface area contributed by atoms with E-state index in [0.717, 1.165) is 24.2 Å². The average molecular weight is 574 g/mol. The molecular formula is C34H38O3Se. The number of aromatic carboxylic acids is 1. The number of fused-ring (bicyclic) bond motifs is 1. The fraction of sp³-hybridized carbons (Fsp3) is 0.382. The molecule has 0 saturated carbocycles. The Hall–Kier alpha value is -2.99. The summed E-state index contributed by atoms with van der Waals surface area (Å²) in [5, 5.41) is 9.12. The molecule has 0 heterocycles. The van der Waals surface area contributed by atoms with Gasteiger partial charge in [-0.3, -0.25) is 0 Å². The van der Waals surface area contributed by atoms with Crippen LogP contribution >= 0.6 is 0 Å². The van der Waals surface area contributed by atoms with Crippen LogP contribution < -0.4 is 9.20 Å². The van der Waals surface area contributed by atoms with E-state index in [9.17, 15) is 4.79 Å². The number of hydrogen-bond donors (Lipinski definition) is 1. The Labute approximate surface area is 234 Å². The van der Waals surface area contributed by atoms with E-state index in [1.54, 1.807) is 24.3 Å². The van der Waals surface area contributed by atoms with Gasteiger partial charge < -0.3 is 0 Å². The van der Waals surface area contributed by atoms with E-state index < -0.39 is 5.97 Å². The van der Waals surface area contributed by atoms with Crippen molar-refractivity contribution in [2.45, 2.75) is 84.2 Å². The molecule has 1 N–H and O–H groups in total. The van der Waals surface area contributed by atoms with Gasteiger partial charge in [-0.1, -0.05) is 0 Å². The van der Waals surface area contributed by atoms with Crippen LogP contribution in [0.5, 0.6) is 5.75 Å². The third-order valence-corrected chi connectivity index (χ3v) is 8.98. The molecule has 0 saturated heterocycles. The summed E-state index contributed by atoms with van der Waals surface area (Å²) in [6.45, 7) is 16.6. The Morgan fingerprint density at radius 1 is 0.947 bits per heavy atom. The molecule has 38 heavy (non-hydrogen) atoms. The third kappa shape index (κ3) is 6.35. The molecule has 0 bridgehead atoms. The van der Waals surface area contributed by atoms with E-state index in [1.165, 1.54) is 26.7 Å². The molecule has 4 rings (SSSR count). The fourth-order valence-electron chi connectivity index (χ4n) is 4.98. The maximum atomic E-state index is 11.1. The Morgan fingerprint density at radius 3 is 2.18 bits per heavy atom. The van der Waals surface area contributed by atoms with Crippen LogP contribution in [-0.4, -0.2) is 26.0 Å². The second kappa shape index (κ2) is 10.6. The van der Waals surface area contributed by atoms with Gasteiger partial charge in [-0.25, -0.2) is 0 Å². The third-order valence-electron chi connectivity index (χ3n) is 7.57. The monoisotopic (exact) mass is 574 g/mol. The van der Waals surface area contributed by atoms with Gasteiger partial charge in [0.1, 0.15) is 0 Å². The van der Waals surface area contributed by atoms with Crippen LogP contribution in [0.25, 0.3) is 0 Å². The van der Waals surface area contributed by atoms with Crippen molar-refractivity contribution in [2.75, 3.05) is 0 Å². The molecular weight excluding hydrogens is 535 g/mol. The Morgan fingerprint density at radius 2 is 1.58 bits per heavy atom. The van der Waals surface area contributed by atoms with E-state index in [2.05, 4.69) is 95.6 Å². The number of rotatable bonds is 5. The second-order valence-electron chi connectivity index (χ2n) is 12.6. The molecule has 3 aromatic rings. The Kier molecular flexibility index (Phi) is 7.85. The van der Waals surface area contributed by atoms with Gasteiger partial charge in [0.05, 0.1) is 0 Å². The van der Waals surface area contributed by atoms with Crippen molar-refractivity contribution in [1.29, 1.82) is 0 Å². The number of ether oxygens (including phenoxy) is 1. The Bertz CT molecular complexity index is 1380. The molecule has 4 heteroatoms. The summed E-state index contributed by atoms with van der Waals surface area (Å²) in [5.74, 6) is 3.27. The predicted molar refractivity (Wildman–Crippen MR) is 157 cm³/mol. The first-order valence-electron chi connectivity index (χ1n) is 13.2. The molecule has 0 fully saturated rings. The molecule has 0 atom stereocenters. The molecule has 1 aliphatic carbocycles. The fourth-order valence-corrected chi connectivity index (χ4v) is 6.30. The summed E-state index contributed by atoms with van der Waals surface area (Å²) < 4.78 is 7.80. The van der Waals surface area contributed by atoms with Crippen molar-refractivity contribution in [3.8, 4) is 16.5 Å². The van der Waals surface area contributed by atoms with Crippen molar-refractivity contribution < 1.29 is 14.6 Å². The predicted octanol–water partition coefficient (Wildman–Crippen LogP) is 6.95. The molecule has 3 nitrogen and oxygen atoms in total. The van der Waals surface area contributed by atoms with Crippen molar-refractivity contribution in [2.24, 2.45) is 0 Å². The number of hydrogen-bond acceptors (Lipinski definition) is 2. The van der Waals surface area contributed by atoms with Crippen molar-refractivity contribution in [3.63, 3.8) is 0 Å². The molecule has 3 aromatic carbocycles. The van der Waals surface area contributed by atoms with Crippen molar-refractivity contribution >= 4 is 25.4 Å². The van der Waals surface area contributed by atoms with Crippen LogP contribution in [-0.2, 0) is 22.9 Å². The van der Waals surface area contributed by atoms with Gasteiger partial charge >= 0.3 is 235 Å². The van der Waals surface area contributed by atoms with E-state index >= 15 is 0 Å². The van der Waals surface area contributed by atoms with E-state index in [4.69, 9.17) is 9.84 Å². The van der Waals surface area contributed by atoms with Crippen LogP contribution in [0.1, 0.15) is 99.5 Å². The molecule has 198 valence electrons. The van der Waals surface area contributed by atoms with Crippen LogP contribution in [0.2, 0.25) is 0 Å². The summed E-state index contributed by atoms with van der Waals surface area (Å²) in [7, 11) is 0. The second-order valence-corrected chi connectivity index (χ2v) is 14.4. The zero-order valence-electron chi connectivity index (χ0n) is 23.6. The zero-order valence-corrected chi connectivity index (χ0v) is 25.3. The van der Waals surface area contributed by atoms with Crippen LogP contribution in [0.4, 0.5) is 0 Å². The molecule has 0 radical (unpaired) electrons. The molecule has 0 amide bonds. The maximum absolute atomic E-state index is 11.1. The summed E-state index contributed by atoms with van der Waals surface area (Å²) in [4.78, 5) is 14.5. The van der Waals surface area contributed by atoms with Crippen molar-refractivity contribution in [3.05, 3.63) is 94.0 Å². The van der Waals surface area contributed by atoms with Gasteiger partial charge in [0.25, 0.3) is 0 Å². The van der Waals surface area contributed by atoms with Gasteiger partial charge in [-0.15, -0.1) is 0 Å². The molecule has 0 spiro atoms. The first-order chi connectivity index (χ1) is 17.8.